The summed E-state index contributed by atoms with van der Waals surface area (Å²) < 4.78 is 5.70. The first-order valence-electron chi connectivity index (χ1n) is 5.29. The van der Waals surface area contributed by atoms with Gasteiger partial charge in [-0.15, -0.1) is 0 Å². The summed E-state index contributed by atoms with van der Waals surface area (Å²) in [5.74, 6) is 0.728. The summed E-state index contributed by atoms with van der Waals surface area (Å²) in [6.45, 7) is 6.45. The van der Waals surface area contributed by atoms with Crippen LogP contribution in [-0.4, -0.2) is 11.1 Å². The summed E-state index contributed by atoms with van der Waals surface area (Å²) in [7, 11) is 0. The maximum absolute atomic E-state index is 5.98. The molecule has 0 aliphatic heterocycles. The summed E-state index contributed by atoms with van der Waals surface area (Å²) in [5, 5.41) is 0.468. The minimum absolute atomic E-state index is 0.0826. The van der Waals surface area contributed by atoms with E-state index in [4.69, 9.17) is 16.3 Å². The molecule has 0 amide bonds. The van der Waals surface area contributed by atoms with Gasteiger partial charge in [-0.1, -0.05) is 32.4 Å². The molecule has 1 aromatic rings. The fraction of sp³-hybridized carbons (Fsp3) is 0.583. The zero-order valence-corrected chi connectivity index (χ0v) is 10.1. The van der Waals surface area contributed by atoms with Crippen molar-refractivity contribution in [1.82, 2.24) is 4.98 Å². The molecule has 0 aromatic carbocycles. The van der Waals surface area contributed by atoms with E-state index in [2.05, 4.69) is 25.8 Å². The number of aromatic nitrogens is 1. The number of hydrogen-bond acceptors (Lipinski definition) is 2. The van der Waals surface area contributed by atoms with Crippen LogP contribution in [0.1, 0.15) is 39.2 Å². The first-order chi connectivity index (χ1) is 6.97. The van der Waals surface area contributed by atoms with E-state index in [-0.39, 0.29) is 5.41 Å². The zero-order valence-electron chi connectivity index (χ0n) is 9.38. The van der Waals surface area contributed by atoms with Crippen molar-refractivity contribution in [2.75, 3.05) is 0 Å². The summed E-state index contributed by atoms with van der Waals surface area (Å²) >= 11 is 5.98. The smallest absolute Gasteiger partial charge is 0.171 e. The van der Waals surface area contributed by atoms with Gasteiger partial charge < -0.3 is 4.74 Å². The molecule has 0 bridgehead atoms. The Balaban J connectivity index is 2.27. The van der Waals surface area contributed by atoms with Crippen LogP contribution in [0.25, 0.3) is 0 Å². The second-order valence-electron chi connectivity index (χ2n) is 5.08. The van der Waals surface area contributed by atoms with Crippen LogP contribution in [0.5, 0.6) is 5.75 Å². The standard InChI is InChI=1S/C12H16ClNO/c1-12(2,3)8-6-10(11(13)14-7-8)15-9-4-5-9/h6-7,9H,4-5H2,1-3H3. The molecule has 2 nitrogen and oxygen atoms in total. The first-order valence-corrected chi connectivity index (χ1v) is 5.67. The van der Waals surface area contributed by atoms with E-state index >= 15 is 0 Å². The van der Waals surface area contributed by atoms with Gasteiger partial charge in [0.05, 0.1) is 6.10 Å². The molecule has 0 saturated heterocycles. The topological polar surface area (TPSA) is 22.1 Å². The Bertz CT molecular complexity index is 366. The lowest BCUT2D eigenvalue weighted by Gasteiger charge is -2.19. The molecule has 2 rings (SSSR count). The molecule has 1 aliphatic rings. The third-order valence-electron chi connectivity index (χ3n) is 2.49. The van der Waals surface area contributed by atoms with Crippen LogP contribution in [0.3, 0.4) is 0 Å². The predicted molar refractivity (Wildman–Crippen MR) is 61.6 cm³/mol. The second-order valence-corrected chi connectivity index (χ2v) is 5.44. The molecule has 1 saturated carbocycles. The molecule has 1 aromatic heterocycles. The van der Waals surface area contributed by atoms with Crippen molar-refractivity contribution >= 4 is 11.6 Å². The second kappa shape index (κ2) is 3.67. The number of nitrogens with zero attached hydrogens (tertiary/aromatic N) is 1. The van der Waals surface area contributed by atoms with Gasteiger partial charge in [0, 0.05) is 6.20 Å². The zero-order chi connectivity index (χ0) is 11.1. The van der Waals surface area contributed by atoms with Crippen LogP contribution < -0.4 is 4.74 Å². The summed E-state index contributed by atoms with van der Waals surface area (Å²) in [5.41, 5.74) is 1.24. The molecule has 0 N–H and O–H groups in total. The minimum atomic E-state index is 0.0826. The molecular formula is C12H16ClNO. The van der Waals surface area contributed by atoms with Crippen molar-refractivity contribution < 1.29 is 4.74 Å². The van der Waals surface area contributed by atoms with E-state index in [0.717, 1.165) is 24.2 Å². The Morgan fingerprint density at radius 2 is 2.07 bits per heavy atom. The van der Waals surface area contributed by atoms with Crippen molar-refractivity contribution in [2.45, 2.75) is 45.1 Å². The highest BCUT2D eigenvalue weighted by molar-refractivity contribution is 6.30. The summed E-state index contributed by atoms with van der Waals surface area (Å²) in [6.07, 6.45) is 4.45. The highest BCUT2D eigenvalue weighted by Crippen LogP contribution is 2.33. The number of halogens is 1. The summed E-state index contributed by atoms with van der Waals surface area (Å²) in [4.78, 5) is 4.17. The third kappa shape index (κ3) is 2.63. The Kier molecular flexibility index (Phi) is 2.63. The van der Waals surface area contributed by atoms with Gasteiger partial charge in [-0.2, -0.15) is 0 Å². The highest BCUT2D eigenvalue weighted by Gasteiger charge is 2.25. The van der Waals surface area contributed by atoms with Crippen molar-refractivity contribution in [3.63, 3.8) is 0 Å². The van der Waals surface area contributed by atoms with Crippen molar-refractivity contribution in [3.05, 3.63) is 23.0 Å². The predicted octanol–water partition coefficient (Wildman–Crippen LogP) is 3.57. The van der Waals surface area contributed by atoms with E-state index in [9.17, 15) is 0 Å². The Labute approximate surface area is 95.6 Å². The van der Waals surface area contributed by atoms with Crippen LogP contribution >= 0.6 is 11.6 Å². The van der Waals surface area contributed by atoms with Gasteiger partial charge in [-0.3, -0.25) is 0 Å². The van der Waals surface area contributed by atoms with Gasteiger partial charge in [0.2, 0.25) is 0 Å². The number of ether oxygens (including phenoxy) is 1. The van der Waals surface area contributed by atoms with Crippen LogP contribution in [0.4, 0.5) is 0 Å². The van der Waals surface area contributed by atoms with Crippen molar-refractivity contribution in [1.29, 1.82) is 0 Å². The van der Waals surface area contributed by atoms with Crippen LogP contribution in [0.15, 0.2) is 12.3 Å². The fourth-order valence-corrected chi connectivity index (χ4v) is 1.43. The lowest BCUT2D eigenvalue weighted by Crippen LogP contribution is -2.12. The van der Waals surface area contributed by atoms with E-state index < -0.39 is 0 Å². The maximum Gasteiger partial charge on any atom is 0.171 e. The molecule has 1 heterocycles. The normalized spacial score (nSPS) is 16.5. The summed E-state index contributed by atoms with van der Waals surface area (Å²) in [6, 6.07) is 2.01. The molecule has 82 valence electrons. The molecule has 15 heavy (non-hydrogen) atoms. The van der Waals surface area contributed by atoms with Gasteiger partial charge in [0.1, 0.15) is 0 Å². The highest BCUT2D eigenvalue weighted by atomic mass is 35.5. The van der Waals surface area contributed by atoms with Gasteiger partial charge in [-0.05, 0) is 29.9 Å². The van der Waals surface area contributed by atoms with Gasteiger partial charge in [-0.25, -0.2) is 4.98 Å². The maximum atomic E-state index is 5.98. The van der Waals surface area contributed by atoms with E-state index in [1.807, 2.05) is 12.3 Å². The Morgan fingerprint density at radius 1 is 1.40 bits per heavy atom. The Morgan fingerprint density at radius 3 is 2.60 bits per heavy atom. The largest absolute Gasteiger partial charge is 0.487 e. The number of rotatable bonds is 2. The molecular weight excluding hydrogens is 210 g/mol. The fourth-order valence-electron chi connectivity index (χ4n) is 1.29. The van der Waals surface area contributed by atoms with Gasteiger partial charge in [0.25, 0.3) is 0 Å². The molecule has 1 aliphatic carbocycles. The van der Waals surface area contributed by atoms with Crippen molar-refractivity contribution in [2.24, 2.45) is 0 Å². The quantitative estimate of drug-likeness (QED) is 0.718. The lowest BCUT2D eigenvalue weighted by molar-refractivity contribution is 0.301. The van der Waals surface area contributed by atoms with Gasteiger partial charge >= 0.3 is 0 Å². The van der Waals surface area contributed by atoms with E-state index in [1.165, 1.54) is 0 Å². The van der Waals surface area contributed by atoms with E-state index in [1.54, 1.807) is 0 Å². The first kappa shape index (κ1) is 10.7. The molecule has 0 atom stereocenters. The Hall–Kier alpha value is -0.760. The molecule has 0 spiro atoms. The van der Waals surface area contributed by atoms with Crippen LogP contribution in [0.2, 0.25) is 5.15 Å². The minimum Gasteiger partial charge on any atom is -0.487 e. The van der Waals surface area contributed by atoms with E-state index in [0.29, 0.717) is 11.3 Å². The van der Waals surface area contributed by atoms with Crippen LogP contribution in [0, 0.1) is 0 Å². The third-order valence-corrected chi connectivity index (χ3v) is 2.77. The lowest BCUT2D eigenvalue weighted by atomic mass is 9.88. The van der Waals surface area contributed by atoms with Gasteiger partial charge in [0.15, 0.2) is 10.9 Å². The van der Waals surface area contributed by atoms with Crippen molar-refractivity contribution in [3.8, 4) is 5.75 Å². The molecule has 1 fully saturated rings. The average Bonchev–Trinajstić information content (AvgIpc) is 2.90. The number of pyridine rings is 1. The average molecular weight is 226 g/mol. The monoisotopic (exact) mass is 225 g/mol. The molecule has 0 unspecified atom stereocenters. The number of hydrogen-bond donors (Lipinski definition) is 0. The SMILES string of the molecule is CC(C)(C)c1cnc(Cl)c(OC2CC2)c1. The van der Waals surface area contributed by atoms with Crippen LogP contribution in [-0.2, 0) is 5.41 Å². The molecule has 0 radical (unpaired) electrons. The molecule has 3 heteroatoms.